The normalized spacial score (nSPS) is 23.0. The third-order valence-electron chi connectivity index (χ3n) is 9.81. The molecule has 0 aromatic heterocycles. The Bertz CT molecular complexity index is 1510. The molecule has 0 saturated carbocycles. The van der Waals surface area contributed by atoms with Crippen molar-refractivity contribution >= 4 is 47.3 Å². The molecule has 1 rings (SSSR count). The number of aliphatic carboxylic acids is 1. The van der Waals surface area contributed by atoms with Crippen molar-refractivity contribution in [3.63, 3.8) is 0 Å². The first-order valence-electron chi connectivity index (χ1n) is 20.0. The second kappa shape index (κ2) is 27.4. The number of rotatable bonds is 27. The van der Waals surface area contributed by atoms with Crippen molar-refractivity contribution in [2.45, 2.75) is 139 Å². The molecule has 62 heavy (non-hydrogen) atoms. The molecule has 0 unspecified atom stereocenters. The van der Waals surface area contributed by atoms with Crippen molar-refractivity contribution in [2.24, 2.45) is 17.4 Å². The number of aliphatic hydroxyl groups excluding tert-OH is 6. The molecule has 1 heterocycles. The Balaban J connectivity index is 3.31. The lowest BCUT2D eigenvalue weighted by Gasteiger charge is -2.42. The number of amides is 7. The van der Waals surface area contributed by atoms with E-state index in [1.54, 1.807) is 13.8 Å². The van der Waals surface area contributed by atoms with Gasteiger partial charge in [0.05, 0.1) is 38.1 Å². The lowest BCUT2D eigenvalue weighted by Crippen LogP contribution is -2.65. The molecule has 0 aromatic carbocycles. The fourth-order valence-electron chi connectivity index (χ4n) is 5.85. The number of hydrogen-bond donors (Lipinski definition) is 16. The van der Waals surface area contributed by atoms with E-state index < -0.39 is 159 Å². The summed E-state index contributed by atoms with van der Waals surface area (Å²) in [6, 6.07) is -11.3. The Morgan fingerprint density at radius 1 is 0.742 bits per heavy atom. The fraction of sp³-hybridized carbons (Fsp3) is 0.778. The highest BCUT2D eigenvalue weighted by Crippen LogP contribution is 2.22. The highest BCUT2D eigenvalue weighted by molar-refractivity contribution is 5.97. The van der Waals surface area contributed by atoms with Crippen LogP contribution < -0.4 is 48.7 Å². The van der Waals surface area contributed by atoms with E-state index in [0.29, 0.717) is 19.3 Å². The van der Waals surface area contributed by atoms with Crippen LogP contribution in [0.15, 0.2) is 0 Å². The minimum Gasteiger partial charge on any atom is -0.480 e. The molecule has 0 aliphatic carbocycles. The number of carbonyl (C=O) groups is 8. The van der Waals surface area contributed by atoms with Crippen molar-refractivity contribution < 1.29 is 83.6 Å². The van der Waals surface area contributed by atoms with Gasteiger partial charge >= 0.3 is 5.97 Å². The smallest absolute Gasteiger partial charge is 0.322 e. The second-order valence-electron chi connectivity index (χ2n) is 14.9. The van der Waals surface area contributed by atoms with E-state index in [1.165, 1.54) is 0 Å². The van der Waals surface area contributed by atoms with Crippen LogP contribution in [0.5, 0.6) is 0 Å². The molecule has 26 nitrogen and oxygen atoms in total. The third kappa shape index (κ3) is 17.6. The number of nitrogens with two attached hydrogens (primary N) is 2. The van der Waals surface area contributed by atoms with Crippen LogP contribution in [0.4, 0.5) is 0 Å². The predicted molar refractivity (Wildman–Crippen MR) is 212 cm³/mol. The molecule has 18 N–H and O–H groups in total. The van der Waals surface area contributed by atoms with Gasteiger partial charge in [-0.15, -0.1) is 0 Å². The van der Waals surface area contributed by atoms with Crippen LogP contribution in [0.1, 0.15) is 60.3 Å². The maximum Gasteiger partial charge on any atom is 0.322 e. The van der Waals surface area contributed by atoms with E-state index in [0.717, 1.165) is 20.8 Å². The van der Waals surface area contributed by atoms with Gasteiger partial charge in [0.1, 0.15) is 61.1 Å². The summed E-state index contributed by atoms with van der Waals surface area (Å²) in [4.78, 5) is 102. The average Bonchev–Trinajstić information content (AvgIpc) is 3.21. The lowest BCUT2D eigenvalue weighted by atomic mass is 9.97. The van der Waals surface area contributed by atoms with Crippen LogP contribution in [0, 0.1) is 5.92 Å². The highest BCUT2D eigenvalue weighted by Gasteiger charge is 2.46. The van der Waals surface area contributed by atoms with E-state index in [2.05, 4.69) is 37.2 Å². The number of ether oxygens (including phenoxy) is 2. The zero-order chi connectivity index (χ0) is 47.4. The molecule has 14 atom stereocenters. The number of carboxylic acid groups (broad SMARTS) is 1. The standard InChI is InChI=1S/C36H65N9O17/c1-6-15(2)24(38)33(58)43-21(14-61-36-27(40-18(5)50)29(54)28(53)22(13-47)62-36)32(57)45-26(17(4)49)35(60)42-20(12-46)31(56)44-25(16(3)48)34(59)41-19(9-7-8-10-37)30(55)39-11-23(51)52/h15-17,19-22,24-29,36,46-49,53-54H,6-14,37-38H2,1-5H3,(H,39,55)(H,40,50)(H,41,59)(H,42,60)(H,43,58)(H,44,56)(H,45,57)(H,51,52)/t15-,16+,17+,19-,20-,21-,22+,24-,25-,26-,27+,28-,29+,36-/m0/s1. The van der Waals surface area contributed by atoms with Crippen molar-refractivity contribution in [3.05, 3.63) is 0 Å². The predicted octanol–water partition coefficient (Wildman–Crippen LogP) is -8.17. The van der Waals surface area contributed by atoms with Crippen LogP contribution in [0.3, 0.4) is 0 Å². The molecule has 0 aromatic rings. The molecule has 1 saturated heterocycles. The van der Waals surface area contributed by atoms with Gasteiger partial charge in [-0.3, -0.25) is 38.4 Å². The minimum atomic E-state index is -1.92. The van der Waals surface area contributed by atoms with Gasteiger partial charge in [-0.2, -0.15) is 0 Å². The van der Waals surface area contributed by atoms with Gasteiger partial charge in [0.25, 0.3) is 0 Å². The molecule has 1 fully saturated rings. The number of hydrogen-bond acceptors (Lipinski definition) is 18. The summed E-state index contributed by atoms with van der Waals surface area (Å²) in [7, 11) is 0. The Hall–Kier alpha value is -4.64. The Morgan fingerprint density at radius 2 is 1.27 bits per heavy atom. The van der Waals surface area contributed by atoms with Gasteiger partial charge in [0.2, 0.25) is 41.4 Å². The Morgan fingerprint density at radius 3 is 1.74 bits per heavy atom. The van der Waals surface area contributed by atoms with Crippen LogP contribution in [0.25, 0.3) is 0 Å². The SMILES string of the molecule is CC[C@H](C)[C@H](N)C(=O)N[C@@H](CO[C@H]1O[C@H](CO)[C@H](O)[C@H](O)[C@H]1NC(C)=O)C(=O)N[C@H](C(=O)N[C@@H](CO)C(=O)N[C@H](C(=O)N[C@@H](CCCCN)C(=O)NCC(=O)O)[C@@H](C)O)[C@@H](C)O. The van der Waals surface area contributed by atoms with Crippen molar-refractivity contribution in [3.8, 4) is 0 Å². The van der Waals surface area contributed by atoms with Crippen molar-refractivity contribution in [1.29, 1.82) is 0 Å². The first-order valence-corrected chi connectivity index (χ1v) is 20.0. The molecular formula is C36H65N9O17. The van der Waals surface area contributed by atoms with E-state index in [-0.39, 0.29) is 13.0 Å². The maximum atomic E-state index is 13.8. The molecule has 0 spiro atoms. The van der Waals surface area contributed by atoms with Crippen LogP contribution in [0.2, 0.25) is 0 Å². The largest absolute Gasteiger partial charge is 0.480 e. The minimum absolute atomic E-state index is 0.00135. The highest BCUT2D eigenvalue weighted by atomic mass is 16.7. The van der Waals surface area contributed by atoms with Gasteiger partial charge in [0.15, 0.2) is 6.29 Å². The quantitative estimate of drug-likeness (QED) is 0.0341. The summed E-state index contributed by atoms with van der Waals surface area (Å²) in [6.07, 6.45) is -8.60. The molecule has 7 amide bonds. The van der Waals surface area contributed by atoms with Gasteiger partial charge < -0.3 is 93.9 Å². The maximum absolute atomic E-state index is 13.8. The summed E-state index contributed by atoms with van der Waals surface area (Å²) in [6.45, 7) is 3.42. The van der Waals surface area contributed by atoms with Gasteiger partial charge in [-0.1, -0.05) is 20.3 Å². The molecule has 26 heteroatoms. The second-order valence-corrected chi connectivity index (χ2v) is 14.9. The Labute approximate surface area is 357 Å². The lowest BCUT2D eigenvalue weighted by molar-refractivity contribution is -0.271. The summed E-state index contributed by atoms with van der Waals surface area (Å²) in [5, 5.41) is 86.2. The molecular weight excluding hydrogens is 830 g/mol. The zero-order valence-electron chi connectivity index (χ0n) is 35.3. The topological polar surface area (TPSA) is 433 Å². The van der Waals surface area contributed by atoms with E-state index in [1.807, 2.05) is 0 Å². The van der Waals surface area contributed by atoms with E-state index in [4.69, 9.17) is 26.0 Å². The van der Waals surface area contributed by atoms with Gasteiger partial charge in [0, 0.05) is 6.92 Å². The number of nitrogens with one attached hydrogen (secondary N) is 7. The first kappa shape index (κ1) is 55.4. The van der Waals surface area contributed by atoms with Gasteiger partial charge in [-0.05, 0) is 45.6 Å². The Kier molecular flexibility index (Phi) is 24.5. The first-order chi connectivity index (χ1) is 29.0. The summed E-state index contributed by atoms with van der Waals surface area (Å²) in [5.74, 6) is -8.99. The fourth-order valence-corrected chi connectivity index (χ4v) is 5.85. The third-order valence-corrected chi connectivity index (χ3v) is 9.81. The van der Waals surface area contributed by atoms with E-state index in [9.17, 15) is 69.0 Å². The molecule has 0 bridgehead atoms. The summed E-state index contributed by atoms with van der Waals surface area (Å²) >= 11 is 0. The summed E-state index contributed by atoms with van der Waals surface area (Å²) in [5.41, 5.74) is 11.6. The zero-order valence-corrected chi connectivity index (χ0v) is 35.3. The van der Waals surface area contributed by atoms with Crippen LogP contribution in [-0.4, -0.2) is 195 Å². The number of carboxylic acids is 1. The van der Waals surface area contributed by atoms with Crippen LogP contribution >= 0.6 is 0 Å². The molecule has 1 aliphatic rings. The average molecular weight is 896 g/mol. The van der Waals surface area contributed by atoms with Crippen molar-refractivity contribution in [2.75, 3.05) is 32.9 Å². The number of carbonyl (C=O) groups excluding carboxylic acids is 7. The number of aliphatic hydroxyl groups is 6. The molecule has 0 radical (unpaired) electrons. The molecule has 1 aliphatic heterocycles. The van der Waals surface area contributed by atoms with Crippen LogP contribution in [-0.2, 0) is 47.8 Å². The van der Waals surface area contributed by atoms with E-state index >= 15 is 0 Å². The molecule has 356 valence electrons. The van der Waals surface area contributed by atoms with Gasteiger partial charge in [-0.25, -0.2) is 0 Å². The summed E-state index contributed by atoms with van der Waals surface area (Å²) < 4.78 is 11.2. The monoisotopic (exact) mass is 895 g/mol. The number of unbranched alkanes of at least 4 members (excludes halogenated alkanes) is 1. The van der Waals surface area contributed by atoms with Crippen molar-refractivity contribution in [1.82, 2.24) is 37.2 Å².